The zero-order valence-corrected chi connectivity index (χ0v) is 46.2. The Morgan fingerprint density at radius 3 is 2.24 bits per heavy atom. The summed E-state index contributed by atoms with van der Waals surface area (Å²) in [4.78, 5) is 34.1. The lowest BCUT2D eigenvalue weighted by atomic mass is 9.47. The van der Waals surface area contributed by atoms with Crippen molar-refractivity contribution in [3.8, 4) is 0 Å². The van der Waals surface area contributed by atoms with E-state index in [1.165, 1.54) is 67.7 Å². The van der Waals surface area contributed by atoms with Crippen LogP contribution in [0.3, 0.4) is 0 Å². The van der Waals surface area contributed by atoms with Crippen LogP contribution in [0, 0.1) is 55.6 Å². The van der Waals surface area contributed by atoms with E-state index in [2.05, 4.69) is 70.6 Å². The number of aromatic nitrogens is 8. The van der Waals surface area contributed by atoms with Crippen molar-refractivity contribution in [2.24, 2.45) is 46.3 Å². The van der Waals surface area contributed by atoms with Crippen LogP contribution < -0.4 is 11.5 Å². The molecule has 17 atom stereocenters. The number of H-pyrrole nitrogens is 2. The van der Waals surface area contributed by atoms with Crippen LogP contribution in [0.1, 0.15) is 124 Å². The Hall–Kier alpha value is -3.06. The Kier molecular flexibility index (Phi) is 15.4. The Bertz CT molecular complexity index is 2970. The molecule has 2 saturated heterocycles. The summed E-state index contributed by atoms with van der Waals surface area (Å²) in [6, 6.07) is 0. The number of aliphatic hydroxyl groups excluding tert-OH is 2. The summed E-state index contributed by atoms with van der Waals surface area (Å²) >= 11 is 10.7. The number of phosphoric acid groups is 2. The topological polar surface area (TPSA) is 304 Å². The Morgan fingerprint density at radius 2 is 1.55 bits per heavy atom. The SMILES string of the molecule is COP(=O)(OC[C@H]1O[C@@H](n2cnc3c(=S)[nH]c(N)nc32)CC1O)OC1C(O)[C@H](n2cnc3c(=S)[nH]c(N)nc32)O[C@@H]1COP(=O)(O)O[C@H]1CC[C@@]2(C)C(=CC[C@H]3[C@@H]4CC[C@H]([C@H](C)CCCC(C)C)[C@@]4(C)CC[C@@H]32)C1. The number of nitrogen functional groups attached to an aromatic ring is 2. The number of aliphatic hydroxyl groups is 2. The van der Waals surface area contributed by atoms with Gasteiger partial charge in [0.1, 0.15) is 51.0 Å². The molecular weight excluding hydrogens is 1030 g/mol. The van der Waals surface area contributed by atoms with E-state index in [1.54, 1.807) is 4.57 Å². The van der Waals surface area contributed by atoms with E-state index < -0.39 is 77.9 Å². The summed E-state index contributed by atoms with van der Waals surface area (Å²) in [6.45, 7) is 11.0. The van der Waals surface area contributed by atoms with Crippen molar-refractivity contribution in [3.05, 3.63) is 33.6 Å². The number of allylic oxidation sites excluding steroid dienone is 1. The van der Waals surface area contributed by atoms with Gasteiger partial charge in [0.25, 0.3) is 0 Å². The van der Waals surface area contributed by atoms with Crippen molar-refractivity contribution in [2.75, 3.05) is 31.8 Å². The van der Waals surface area contributed by atoms with Gasteiger partial charge in [-0.3, -0.25) is 31.8 Å². The molecule has 4 aromatic heterocycles. The molecule has 9 N–H and O–H groups in total. The van der Waals surface area contributed by atoms with E-state index in [0.717, 1.165) is 37.7 Å². The third-order valence-corrected chi connectivity index (χ3v) is 20.9. The minimum absolute atomic E-state index is 0.0169. The highest BCUT2D eigenvalue weighted by Gasteiger charge is 2.60. The highest BCUT2D eigenvalue weighted by atomic mass is 32.1. The number of fused-ring (bicyclic) bond motifs is 7. The Balaban J connectivity index is 0.809. The van der Waals surface area contributed by atoms with Gasteiger partial charge in [0.2, 0.25) is 11.9 Å². The molecule has 26 heteroatoms. The molecule has 0 radical (unpaired) electrons. The van der Waals surface area contributed by atoms with Crippen molar-refractivity contribution in [1.29, 1.82) is 0 Å². The molecule has 0 bridgehead atoms. The van der Waals surface area contributed by atoms with Crippen LogP contribution in [0.4, 0.5) is 11.9 Å². The number of nitrogens with two attached hydrogens (primary N) is 2. The molecule has 6 aliphatic rings. The maximum Gasteiger partial charge on any atom is 0.475 e. The van der Waals surface area contributed by atoms with Crippen LogP contribution in [-0.2, 0) is 41.2 Å². The molecule has 0 aromatic carbocycles. The van der Waals surface area contributed by atoms with Gasteiger partial charge >= 0.3 is 15.6 Å². The molecule has 2 aliphatic heterocycles. The Labute approximate surface area is 440 Å². The monoisotopic (exact) mass is 1110 g/mol. The number of ether oxygens (including phenoxy) is 2. The number of rotatable bonds is 18. The minimum Gasteiger partial charge on any atom is -0.390 e. The second-order valence-electron chi connectivity index (χ2n) is 22.6. The van der Waals surface area contributed by atoms with Crippen molar-refractivity contribution in [2.45, 2.75) is 161 Å². The molecule has 6 heterocycles. The van der Waals surface area contributed by atoms with Crippen molar-refractivity contribution >= 4 is 74.3 Å². The van der Waals surface area contributed by atoms with Gasteiger partial charge < -0.3 is 46.0 Å². The largest absolute Gasteiger partial charge is 0.475 e. The quantitative estimate of drug-likeness (QED) is 0.0278. The third-order valence-electron chi connectivity index (χ3n) is 17.8. The second-order valence-corrected chi connectivity index (χ2v) is 26.5. The van der Waals surface area contributed by atoms with Crippen molar-refractivity contribution in [3.63, 3.8) is 0 Å². The first-order valence-corrected chi connectivity index (χ1v) is 29.8. The molecule has 4 aliphatic carbocycles. The smallest absolute Gasteiger partial charge is 0.390 e. The molecule has 3 saturated carbocycles. The van der Waals surface area contributed by atoms with Gasteiger partial charge in [0.15, 0.2) is 17.5 Å². The predicted octanol–water partition coefficient (Wildman–Crippen LogP) is 8.76. The van der Waals surface area contributed by atoms with Gasteiger partial charge in [-0.2, -0.15) is 9.97 Å². The summed E-state index contributed by atoms with van der Waals surface area (Å²) in [5.74, 6) is 4.17. The summed E-state index contributed by atoms with van der Waals surface area (Å²) < 4.78 is 72.7. The minimum atomic E-state index is -4.80. The fourth-order valence-electron chi connectivity index (χ4n) is 14.1. The Morgan fingerprint density at radius 1 is 0.878 bits per heavy atom. The second kappa shape index (κ2) is 21.0. The van der Waals surface area contributed by atoms with E-state index in [9.17, 15) is 24.2 Å². The lowest BCUT2D eigenvalue weighted by Crippen LogP contribution is -2.51. The first-order valence-electron chi connectivity index (χ1n) is 26.1. The normalized spacial score (nSPS) is 36.1. The van der Waals surface area contributed by atoms with Gasteiger partial charge in [-0.05, 0) is 97.7 Å². The number of hydrogen-bond acceptors (Lipinski definition) is 19. The first-order chi connectivity index (χ1) is 35.1. The molecule has 5 unspecified atom stereocenters. The zero-order chi connectivity index (χ0) is 52.6. The van der Waals surface area contributed by atoms with Crippen LogP contribution in [0.15, 0.2) is 24.3 Å². The predicted molar refractivity (Wildman–Crippen MR) is 278 cm³/mol. The van der Waals surface area contributed by atoms with E-state index in [4.69, 9.17) is 68.0 Å². The van der Waals surface area contributed by atoms with Gasteiger partial charge in [-0.25, -0.2) is 19.1 Å². The van der Waals surface area contributed by atoms with Crippen LogP contribution in [0.5, 0.6) is 0 Å². The maximum atomic E-state index is 14.3. The molecule has 74 heavy (non-hydrogen) atoms. The molecule has 4 aromatic rings. The fourth-order valence-corrected chi connectivity index (χ4v) is 16.7. The number of nitrogens with one attached hydrogen (secondary N) is 2. The van der Waals surface area contributed by atoms with Crippen LogP contribution in [0.2, 0.25) is 0 Å². The highest BCUT2D eigenvalue weighted by Crippen LogP contribution is 2.68. The van der Waals surface area contributed by atoms with Crippen molar-refractivity contribution in [1.82, 2.24) is 39.0 Å². The molecule has 0 amide bonds. The number of imidazole rings is 2. The third kappa shape index (κ3) is 10.3. The van der Waals surface area contributed by atoms with E-state index in [0.29, 0.717) is 47.2 Å². The number of aromatic amines is 2. The molecule has 5 fully saturated rings. The van der Waals surface area contributed by atoms with Gasteiger partial charge in [0.05, 0.1) is 38.1 Å². The molecule has 0 spiro atoms. The van der Waals surface area contributed by atoms with Crippen molar-refractivity contribution < 1.29 is 56.3 Å². The van der Waals surface area contributed by atoms with E-state index in [1.807, 2.05) is 0 Å². The van der Waals surface area contributed by atoms with Gasteiger partial charge in [-0.1, -0.05) is 90.0 Å². The summed E-state index contributed by atoms with van der Waals surface area (Å²) in [5.41, 5.74) is 14.6. The number of nitrogens with zero attached hydrogens (tertiary/aromatic N) is 6. The van der Waals surface area contributed by atoms with Crippen LogP contribution in [0.25, 0.3) is 22.3 Å². The average molecular weight is 1110 g/mol. The average Bonchev–Trinajstić information content (AvgIpc) is 4.19. The van der Waals surface area contributed by atoms with Crippen LogP contribution >= 0.6 is 40.1 Å². The summed E-state index contributed by atoms with van der Waals surface area (Å²) in [7, 11) is -8.37. The zero-order valence-electron chi connectivity index (χ0n) is 42.8. The number of phosphoric ester groups is 2. The molecule has 22 nitrogen and oxygen atoms in total. The summed E-state index contributed by atoms with van der Waals surface area (Å²) in [5, 5.41) is 23.0. The van der Waals surface area contributed by atoms with Gasteiger partial charge in [-0.15, -0.1) is 0 Å². The lowest BCUT2D eigenvalue weighted by Gasteiger charge is -2.58. The molecule has 408 valence electrons. The van der Waals surface area contributed by atoms with Gasteiger partial charge in [0, 0.05) is 13.5 Å². The number of hydrogen-bond donors (Lipinski definition) is 7. The maximum absolute atomic E-state index is 14.3. The molecule has 10 rings (SSSR count). The first kappa shape index (κ1) is 54.3. The molecular formula is C48H72N10O12P2S2. The van der Waals surface area contributed by atoms with E-state index >= 15 is 0 Å². The summed E-state index contributed by atoms with van der Waals surface area (Å²) in [6.07, 6.45) is 7.66. The van der Waals surface area contributed by atoms with E-state index in [-0.39, 0.29) is 44.2 Å². The highest BCUT2D eigenvalue weighted by molar-refractivity contribution is 7.71. The lowest BCUT2D eigenvalue weighted by molar-refractivity contribution is -0.0627. The van der Waals surface area contributed by atoms with Crippen LogP contribution in [-0.4, -0.2) is 111 Å². The standard InChI is InChI=1S/C48H72N10O12P2S2/c1-24(2)8-7-9-25(3)29-12-13-30-28-11-10-26-18-27(14-16-47(26,4)31(28)15-17-48(29,30)5)69-71(61,62)65-21-34-39(38(60)44(68-34)58-23-52-37-41(58)54-46(50)56-43(37)74)70-72(63,64-6)66-20-33-32(59)19-35(67-33)57-22-51-36-40(57)53-45(49)55-42(36)73/h10,22-25,27-35,38-39,44,59-60H,7-9,11-21H2,1-6H3,(H,61,62)(H3,49,53,55,73)(H3,50,54,56,74)/t25-,27+,28+,29-,30+,31+,32?,33-,34-,35-,38?,39?,44-,47+,48-,72?/m1/s1. The fraction of sp³-hybridized carbons (Fsp3) is 0.750. The number of anilines is 2.